The molecule has 114 valence electrons. The smallest absolute Gasteiger partial charge is 0.0897 e. The van der Waals surface area contributed by atoms with Crippen LogP contribution < -0.4 is 5.32 Å². The van der Waals surface area contributed by atoms with Crippen LogP contribution >= 0.6 is 0 Å². The van der Waals surface area contributed by atoms with Crippen LogP contribution in [-0.4, -0.2) is 62.6 Å². The summed E-state index contributed by atoms with van der Waals surface area (Å²) < 4.78 is 5.48. The molecule has 0 saturated carbocycles. The molecule has 2 atom stereocenters. The van der Waals surface area contributed by atoms with Gasteiger partial charge in [0.15, 0.2) is 0 Å². The van der Waals surface area contributed by atoms with Crippen molar-refractivity contribution in [3.05, 3.63) is 0 Å². The quantitative estimate of drug-likeness (QED) is 0.559. The molecule has 1 aliphatic rings. The molecular weight excluding hydrogens is 240 g/mol. The van der Waals surface area contributed by atoms with Gasteiger partial charge < -0.3 is 20.1 Å². The van der Waals surface area contributed by atoms with Crippen LogP contribution in [-0.2, 0) is 4.74 Å². The molecule has 0 bridgehead atoms. The summed E-state index contributed by atoms with van der Waals surface area (Å²) in [6.45, 7) is 7.49. The van der Waals surface area contributed by atoms with Gasteiger partial charge in [0.2, 0.25) is 0 Å². The Morgan fingerprint density at radius 2 is 2.21 bits per heavy atom. The molecule has 1 fully saturated rings. The molecule has 2 unspecified atom stereocenters. The standard InChI is InChI=1S/C15H32N2O2/c1-3-4-5-6-9-19-13-15(18)11-16-10-14-7-8-17(2)12-14/h14-16,18H,3-13H2,1-2H3. The van der Waals surface area contributed by atoms with Crippen LogP contribution in [0.15, 0.2) is 0 Å². The molecule has 19 heavy (non-hydrogen) atoms. The second-order valence-electron chi connectivity index (χ2n) is 5.86. The van der Waals surface area contributed by atoms with Gasteiger partial charge in [-0.2, -0.15) is 0 Å². The van der Waals surface area contributed by atoms with Crippen LogP contribution in [0.2, 0.25) is 0 Å². The largest absolute Gasteiger partial charge is 0.389 e. The van der Waals surface area contributed by atoms with Crippen LogP contribution in [0.1, 0.15) is 39.0 Å². The van der Waals surface area contributed by atoms with Crippen molar-refractivity contribution in [2.24, 2.45) is 5.92 Å². The minimum absolute atomic E-state index is 0.370. The van der Waals surface area contributed by atoms with Gasteiger partial charge in [-0.3, -0.25) is 0 Å². The molecule has 0 spiro atoms. The molecule has 4 heteroatoms. The number of aliphatic hydroxyl groups excluding tert-OH is 1. The molecule has 2 N–H and O–H groups in total. The van der Waals surface area contributed by atoms with Gasteiger partial charge in [-0.15, -0.1) is 0 Å². The van der Waals surface area contributed by atoms with Crippen LogP contribution in [0.25, 0.3) is 0 Å². The number of aliphatic hydroxyl groups is 1. The molecule has 1 saturated heterocycles. The second kappa shape index (κ2) is 10.6. The topological polar surface area (TPSA) is 44.7 Å². The van der Waals surface area contributed by atoms with Crippen LogP contribution in [0.4, 0.5) is 0 Å². The van der Waals surface area contributed by atoms with Crippen LogP contribution in [0.3, 0.4) is 0 Å². The maximum atomic E-state index is 9.78. The predicted molar refractivity (Wildman–Crippen MR) is 79.4 cm³/mol. The van der Waals surface area contributed by atoms with Crippen LogP contribution in [0.5, 0.6) is 0 Å². The summed E-state index contributed by atoms with van der Waals surface area (Å²) in [6.07, 6.45) is 5.78. The third-order valence-electron chi connectivity index (χ3n) is 3.75. The monoisotopic (exact) mass is 272 g/mol. The summed E-state index contributed by atoms with van der Waals surface area (Å²) in [5.74, 6) is 0.743. The van der Waals surface area contributed by atoms with E-state index in [9.17, 15) is 5.11 Å². The molecule has 4 nitrogen and oxygen atoms in total. The number of likely N-dealkylation sites (tertiary alicyclic amines) is 1. The Labute approximate surface area is 118 Å². The number of ether oxygens (including phenoxy) is 1. The van der Waals surface area contributed by atoms with E-state index < -0.39 is 0 Å². The van der Waals surface area contributed by atoms with E-state index in [2.05, 4.69) is 24.2 Å². The van der Waals surface area contributed by atoms with E-state index in [4.69, 9.17) is 4.74 Å². The van der Waals surface area contributed by atoms with E-state index in [1.807, 2.05) is 0 Å². The summed E-state index contributed by atoms with van der Waals surface area (Å²) in [5.41, 5.74) is 0. The van der Waals surface area contributed by atoms with Crippen molar-refractivity contribution in [3.63, 3.8) is 0 Å². The SMILES string of the molecule is CCCCCCOCC(O)CNCC1CCN(C)C1. The minimum Gasteiger partial charge on any atom is -0.389 e. The summed E-state index contributed by atoms with van der Waals surface area (Å²) >= 11 is 0. The van der Waals surface area contributed by atoms with Gasteiger partial charge in [-0.25, -0.2) is 0 Å². The third kappa shape index (κ3) is 8.58. The molecule has 0 aromatic carbocycles. The van der Waals surface area contributed by atoms with Crippen molar-refractivity contribution in [1.82, 2.24) is 10.2 Å². The van der Waals surface area contributed by atoms with Gasteiger partial charge in [0.05, 0.1) is 12.7 Å². The number of nitrogens with one attached hydrogen (secondary N) is 1. The lowest BCUT2D eigenvalue weighted by molar-refractivity contribution is 0.0351. The van der Waals surface area contributed by atoms with Crippen molar-refractivity contribution in [1.29, 1.82) is 0 Å². The molecule has 1 aliphatic heterocycles. The number of unbranched alkanes of at least 4 members (excludes halogenated alkanes) is 3. The molecule has 0 aromatic rings. The van der Waals surface area contributed by atoms with E-state index >= 15 is 0 Å². The molecule has 0 radical (unpaired) electrons. The Balaban J connectivity index is 1.86. The Kier molecular flexibility index (Phi) is 9.43. The van der Waals surface area contributed by atoms with E-state index in [0.29, 0.717) is 13.2 Å². The first-order valence-electron chi connectivity index (χ1n) is 7.87. The molecule has 1 heterocycles. The van der Waals surface area contributed by atoms with E-state index in [1.54, 1.807) is 0 Å². The Bertz CT molecular complexity index is 214. The van der Waals surface area contributed by atoms with Gasteiger partial charge in [-0.1, -0.05) is 26.2 Å². The average molecular weight is 272 g/mol. The van der Waals surface area contributed by atoms with Crippen molar-refractivity contribution in [3.8, 4) is 0 Å². The molecule has 1 rings (SSSR count). The Morgan fingerprint density at radius 1 is 1.37 bits per heavy atom. The fourth-order valence-corrected chi connectivity index (χ4v) is 2.56. The minimum atomic E-state index is -0.370. The highest BCUT2D eigenvalue weighted by Gasteiger charge is 2.18. The maximum absolute atomic E-state index is 9.78. The lowest BCUT2D eigenvalue weighted by Crippen LogP contribution is -2.34. The Hall–Kier alpha value is -0.160. The summed E-state index contributed by atoms with van der Waals surface area (Å²) in [6, 6.07) is 0. The van der Waals surface area contributed by atoms with Gasteiger partial charge in [-0.05, 0) is 38.9 Å². The highest BCUT2D eigenvalue weighted by Crippen LogP contribution is 2.12. The van der Waals surface area contributed by atoms with Gasteiger partial charge in [0.25, 0.3) is 0 Å². The highest BCUT2D eigenvalue weighted by molar-refractivity contribution is 4.75. The maximum Gasteiger partial charge on any atom is 0.0897 e. The van der Waals surface area contributed by atoms with Crippen molar-refractivity contribution in [2.75, 3.05) is 46.4 Å². The summed E-state index contributed by atoms with van der Waals surface area (Å²) in [5, 5.41) is 13.1. The number of nitrogens with zero attached hydrogens (tertiary/aromatic N) is 1. The van der Waals surface area contributed by atoms with Gasteiger partial charge in [0.1, 0.15) is 0 Å². The average Bonchev–Trinajstić information content (AvgIpc) is 2.79. The first-order chi connectivity index (χ1) is 9.22. The first kappa shape index (κ1) is 16.9. The highest BCUT2D eigenvalue weighted by atomic mass is 16.5. The van der Waals surface area contributed by atoms with Gasteiger partial charge in [0, 0.05) is 19.7 Å². The van der Waals surface area contributed by atoms with Crippen molar-refractivity contribution >= 4 is 0 Å². The zero-order valence-electron chi connectivity index (χ0n) is 12.7. The normalized spacial score (nSPS) is 21.9. The number of hydrogen-bond acceptors (Lipinski definition) is 4. The third-order valence-corrected chi connectivity index (χ3v) is 3.75. The van der Waals surface area contributed by atoms with E-state index in [1.165, 1.54) is 38.8 Å². The fraction of sp³-hybridized carbons (Fsp3) is 1.00. The summed E-state index contributed by atoms with van der Waals surface area (Å²) in [7, 11) is 2.17. The Morgan fingerprint density at radius 3 is 2.89 bits per heavy atom. The van der Waals surface area contributed by atoms with E-state index in [0.717, 1.165) is 25.5 Å². The lowest BCUT2D eigenvalue weighted by atomic mass is 10.1. The first-order valence-corrected chi connectivity index (χ1v) is 7.87. The lowest BCUT2D eigenvalue weighted by Gasteiger charge is -2.15. The van der Waals surface area contributed by atoms with Gasteiger partial charge >= 0.3 is 0 Å². The predicted octanol–water partition coefficient (Wildman–Crippen LogP) is 1.49. The molecular formula is C15H32N2O2. The molecule has 0 aliphatic carbocycles. The summed E-state index contributed by atoms with van der Waals surface area (Å²) in [4.78, 5) is 2.36. The van der Waals surface area contributed by atoms with Crippen molar-refractivity contribution in [2.45, 2.75) is 45.1 Å². The molecule has 0 aromatic heterocycles. The van der Waals surface area contributed by atoms with Crippen molar-refractivity contribution < 1.29 is 9.84 Å². The zero-order chi connectivity index (χ0) is 13.9. The zero-order valence-corrected chi connectivity index (χ0v) is 12.7. The second-order valence-corrected chi connectivity index (χ2v) is 5.86. The molecule has 0 amide bonds. The number of rotatable bonds is 11. The fourth-order valence-electron chi connectivity index (χ4n) is 2.56. The number of hydrogen-bond donors (Lipinski definition) is 2. The van der Waals surface area contributed by atoms with Crippen LogP contribution in [0, 0.1) is 5.92 Å². The van der Waals surface area contributed by atoms with E-state index in [-0.39, 0.29) is 6.10 Å².